The predicted molar refractivity (Wildman–Crippen MR) is 103 cm³/mol. The van der Waals surface area contributed by atoms with E-state index in [1.807, 2.05) is 24.4 Å². The molecule has 0 aliphatic rings. The van der Waals surface area contributed by atoms with Crippen LogP contribution in [0.4, 0.5) is 0 Å². The summed E-state index contributed by atoms with van der Waals surface area (Å²) in [5.41, 5.74) is 5.87. The largest absolute Gasteiger partial charge is 0.271 e. The second-order valence-electron chi connectivity index (χ2n) is 7.13. The smallest absolute Gasteiger partial charge is 0.267 e. The summed E-state index contributed by atoms with van der Waals surface area (Å²) >= 11 is 0. The van der Waals surface area contributed by atoms with Crippen molar-refractivity contribution in [3.63, 3.8) is 0 Å². The quantitative estimate of drug-likeness (QED) is 0.382. The van der Waals surface area contributed by atoms with E-state index in [0.717, 1.165) is 19.3 Å². The Morgan fingerprint density at radius 2 is 1.79 bits per heavy atom. The second-order valence-corrected chi connectivity index (χ2v) is 7.13. The van der Waals surface area contributed by atoms with Gasteiger partial charge < -0.3 is 0 Å². The zero-order valence-corrected chi connectivity index (χ0v) is 15.6. The minimum atomic E-state index is -0.184. The lowest BCUT2D eigenvalue weighted by Crippen LogP contribution is -2.20. The first-order valence-corrected chi connectivity index (χ1v) is 8.49. The van der Waals surface area contributed by atoms with Crippen molar-refractivity contribution < 1.29 is 4.79 Å². The molecule has 0 atom stereocenters. The van der Waals surface area contributed by atoms with Gasteiger partial charge in [0.15, 0.2) is 0 Å². The zero-order chi connectivity index (χ0) is 18.0. The fourth-order valence-corrected chi connectivity index (χ4v) is 2.10. The molecule has 0 bridgehead atoms. The lowest BCUT2D eigenvalue weighted by atomic mass is 9.89. The first kappa shape index (κ1) is 19.9. The lowest BCUT2D eigenvalue weighted by Gasteiger charge is -2.17. The van der Waals surface area contributed by atoms with E-state index >= 15 is 0 Å². The summed E-state index contributed by atoms with van der Waals surface area (Å²) in [6, 6.07) is 9.11. The number of benzene rings is 1. The highest BCUT2D eigenvalue weighted by molar-refractivity contribution is 5.94. The maximum Gasteiger partial charge on any atom is 0.271 e. The van der Waals surface area contributed by atoms with Crippen LogP contribution in [-0.4, -0.2) is 12.1 Å². The van der Waals surface area contributed by atoms with Crippen LogP contribution in [-0.2, 0) is 0 Å². The van der Waals surface area contributed by atoms with Crippen LogP contribution in [0, 0.1) is 5.41 Å². The van der Waals surface area contributed by atoms with Crippen LogP contribution in [0.5, 0.6) is 0 Å². The number of carbonyl (C=O) groups is 1. The Morgan fingerprint density at radius 1 is 1.12 bits per heavy atom. The standard InChI is InChI=1S/C21H30N2O/c1-17(2)10-9-11-18(3)14-15-21(4,5)16-22-23-20(24)19-12-7-6-8-13-19/h6-8,10,12-14,16H,9,11,15H2,1-5H3,(H,23,24). The second kappa shape index (κ2) is 9.86. The first-order chi connectivity index (χ1) is 11.3. The van der Waals surface area contributed by atoms with E-state index in [0.29, 0.717) is 5.56 Å². The summed E-state index contributed by atoms with van der Waals surface area (Å²) in [5, 5.41) is 4.12. The Hall–Kier alpha value is -2.16. The van der Waals surface area contributed by atoms with Crippen LogP contribution < -0.4 is 5.43 Å². The fraction of sp³-hybridized carbons (Fsp3) is 0.429. The van der Waals surface area contributed by atoms with E-state index in [-0.39, 0.29) is 11.3 Å². The maximum atomic E-state index is 11.9. The molecule has 130 valence electrons. The number of nitrogens with one attached hydrogen (secondary N) is 1. The number of hydrogen-bond acceptors (Lipinski definition) is 2. The van der Waals surface area contributed by atoms with Crippen LogP contribution in [0.25, 0.3) is 0 Å². The van der Waals surface area contributed by atoms with Gasteiger partial charge in [-0.05, 0) is 52.2 Å². The Balaban J connectivity index is 2.47. The molecule has 0 radical (unpaired) electrons. The third-order valence-corrected chi connectivity index (χ3v) is 3.68. The zero-order valence-electron chi connectivity index (χ0n) is 15.6. The maximum absolute atomic E-state index is 11.9. The molecular weight excluding hydrogens is 296 g/mol. The minimum Gasteiger partial charge on any atom is -0.267 e. The SMILES string of the molecule is CC(C)=CCCC(C)=CCC(C)(C)C=NNC(=O)c1ccccc1. The summed E-state index contributed by atoms with van der Waals surface area (Å²) in [7, 11) is 0. The molecule has 1 N–H and O–H groups in total. The van der Waals surface area contributed by atoms with Crippen molar-refractivity contribution >= 4 is 12.1 Å². The molecule has 0 aromatic heterocycles. The molecule has 0 saturated carbocycles. The van der Waals surface area contributed by atoms with Crippen molar-refractivity contribution in [2.75, 3.05) is 0 Å². The molecule has 1 aromatic rings. The van der Waals surface area contributed by atoms with Crippen molar-refractivity contribution in [3.05, 3.63) is 59.2 Å². The van der Waals surface area contributed by atoms with Gasteiger partial charge in [0.2, 0.25) is 0 Å². The van der Waals surface area contributed by atoms with Gasteiger partial charge >= 0.3 is 0 Å². The fourth-order valence-electron chi connectivity index (χ4n) is 2.10. The molecule has 0 heterocycles. The Labute approximate surface area is 146 Å². The molecule has 1 amide bonds. The molecule has 0 aliphatic heterocycles. The number of amides is 1. The summed E-state index contributed by atoms with van der Waals surface area (Å²) in [6.45, 7) is 10.7. The first-order valence-electron chi connectivity index (χ1n) is 8.49. The summed E-state index contributed by atoms with van der Waals surface area (Å²) in [6.07, 6.45) is 9.43. The molecule has 1 rings (SSSR count). The highest BCUT2D eigenvalue weighted by atomic mass is 16.2. The van der Waals surface area contributed by atoms with Gasteiger partial charge in [-0.3, -0.25) is 4.79 Å². The third kappa shape index (κ3) is 8.47. The minimum absolute atomic E-state index is 0.0955. The average Bonchev–Trinajstić information content (AvgIpc) is 2.53. The van der Waals surface area contributed by atoms with E-state index < -0.39 is 0 Å². The van der Waals surface area contributed by atoms with Gasteiger partial charge in [0.05, 0.1) is 0 Å². The van der Waals surface area contributed by atoms with Crippen LogP contribution in [0.2, 0.25) is 0 Å². The van der Waals surface area contributed by atoms with Crippen LogP contribution in [0.3, 0.4) is 0 Å². The Kier molecular flexibility index (Phi) is 8.17. The van der Waals surface area contributed by atoms with E-state index in [2.05, 4.69) is 57.3 Å². The molecule has 3 heteroatoms. The van der Waals surface area contributed by atoms with Gasteiger partial charge in [0.25, 0.3) is 5.91 Å². The van der Waals surface area contributed by atoms with Crippen molar-refractivity contribution in [1.82, 2.24) is 5.43 Å². The topological polar surface area (TPSA) is 41.5 Å². The van der Waals surface area contributed by atoms with E-state index in [1.165, 1.54) is 11.1 Å². The van der Waals surface area contributed by atoms with Crippen molar-refractivity contribution in [2.45, 2.75) is 53.9 Å². The summed E-state index contributed by atoms with van der Waals surface area (Å²) in [5.74, 6) is -0.184. The molecule has 0 spiro atoms. The van der Waals surface area contributed by atoms with Crippen LogP contribution in [0.1, 0.15) is 64.2 Å². The Bertz CT molecular complexity index is 606. The lowest BCUT2D eigenvalue weighted by molar-refractivity contribution is 0.0955. The highest BCUT2D eigenvalue weighted by Gasteiger charge is 2.13. The van der Waals surface area contributed by atoms with Crippen LogP contribution >= 0.6 is 0 Å². The normalized spacial score (nSPS) is 12.3. The van der Waals surface area contributed by atoms with Gasteiger partial charge in [-0.1, -0.05) is 55.3 Å². The third-order valence-electron chi connectivity index (χ3n) is 3.68. The van der Waals surface area contributed by atoms with Crippen molar-refractivity contribution in [2.24, 2.45) is 10.5 Å². The van der Waals surface area contributed by atoms with Gasteiger partial charge in [-0.2, -0.15) is 5.10 Å². The van der Waals surface area contributed by atoms with Crippen molar-refractivity contribution in [3.8, 4) is 0 Å². The Morgan fingerprint density at radius 3 is 2.42 bits per heavy atom. The number of hydrazone groups is 1. The van der Waals surface area contributed by atoms with E-state index in [4.69, 9.17) is 0 Å². The number of allylic oxidation sites excluding steroid dienone is 4. The summed E-state index contributed by atoms with van der Waals surface area (Å²) < 4.78 is 0. The molecule has 0 aliphatic carbocycles. The van der Waals surface area contributed by atoms with E-state index in [1.54, 1.807) is 12.1 Å². The molecule has 0 unspecified atom stereocenters. The number of nitrogens with zero attached hydrogens (tertiary/aromatic N) is 1. The van der Waals surface area contributed by atoms with Gasteiger partial charge in [-0.15, -0.1) is 0 Å². The average molecular weight is 326 g/mol. The number of rotatable bonds is 8. The van der Waals surface area contributed by atoms with Gasteiger partial charge in [0.1, 0.15) is 0 Å². The molecule has 1 aromatic carbocycles. The highest BCUT2D eigenvalue weighted by Crippen LogP contribution is 2.20. The molecule has 0 saturated heterocycles. The molecular formula is C21H30N2O. The van der Waals surface area contributed by atoms with E-state index in [9.17, 15) is 4.79 Å². The predicted octanol–water partition coefficient (Wildman–Crippen LogP) is 5.51. The number of carbonyl (C=O) groups excluding carboxylic acids is 1. The van der Waals surface area contributed by atoms with Gasteiger partial charge in [-0.25, -0.2) is 5.43 Å². The molecule has 3 nitrogen and oxygen atoms in total. The van der Waals surface area contributed by atoms with Crippen molar-refractivity contribution in [1.29, 1.82) is 0 Å². The number of hydrogen-bond donors (Lipinski definition) is 1. The molecule has 0 fully saturated rings. The molecule has 24 heavy (non-hydrogen) atoms. The van der Waals surface area contributed by atoms with Crippen LogP contribution in [0.15, 0.2) is 58.7 Å². The monoisotopic (exact) mass is 326 g/mol. The summed E-state index contributed by atoms with van der Waals surface area (Å²) in [4.78, 5) is 11.9. The van der Waals surface area contributed by atoms with Gasteiger partial charge in [0, 0.05) is 17.2 Å².